The number of ether oxygens (including phenoxy) is 1. The molecule has 7 heteroatoms. The number of methoxy groups -OCH3 is 1. The molecule has 0 fully saturated rings. The summed E-state index contributed by atoms with van der Waals surface area (Å²) >= 11 is 12.7. The van der Waals surface area contributed by atoms with Gasteiger partial charge in [-0.15, -0.1) is 0 Å². The molecule has 0 saturated heterocycles. The maximum absolute atomic E-state index is 11.5. The molecule has 0 spiro atoms. The molecule has 1 heterocycles. The molecule has 20 heavy (non-hydrogen) atoms. The van der Waals surface area contributed by atoms with E-state index in [9.17, 15) is 4.79 Å². The lowest BCUT2D eigenvalue weighted by molar-refractivity contribution is 0.0601. The van der Waals surface area contributed by atoms with Crippen LogP contribution in [-0.2, 0) is 11.3 Å². The van der Waals surface area contributed by atoms with Crippen molar-refractivity contribution >= 4 is 55.1 Å². The average Bonchev–Trinajstić information content (AvgIpc) is 2.76. The third kappa shape index (κ3) is 3.56. The molecule has 2 aromatic rings. The van der Waals surface area contributed by atoms with Gasteiger partial charge in [-0.2, -0.15) is 0 Å². The molecule has 0 saturated carbocycles. The van der Waals surface area contributed by atoms with Gasteiger partial charge >= 0.3 is 5.97 Å². The summed E-state index contributed by atoms with van der Waals surface area (Å²) in [6.45, 7) is 0.439. The first-order chi connectivity index (χ1) is 9.51. The minimum absolute atomic E-state index is 0.409. The molecule has 0 amide bonds. The van der Waals surface area contributed by atoms with Gasteiger partial charge in [0.15, 0.2) is 4.67 Å². The van der Waals surface area contributed by atoms with Crippen LogP contribution in [0, 0.1) is 0 Å². The van der Waals surface area contributed by atoms with E-state index in [-0.39, 0.29) is 0 Å². The molecule has 0 unspecified atom stereocenters. The second kappa shape index (κ2) is 6.65. The Labute approximate surface area is 137 Å². The minimum atomic E-state index is -0.409. The quantitative estimate of drug-likeness (QED) is 0.714. The van der Waals surface area contributed by atoms with E-state index in [2.05, 4.69) is 41.9 Å². The van der Waals surface area contributed by atoms with Crippen molar-refractivity contribution in [2.45, 2.75) is 6.54 Å². The van der Waals surface area contributed by atoms with Crippen LogP contribution in [0.3, 0.4) is 0 Å². The van der Waals surface area contributed by atoms with Crippen molar-refractivity contribution in [3.63, 3.8) is 0 Å². The zero-order chi connectivity index (χ0) is 14.7. The summed E-state index contributed by atoms with van der Waals surface area (Å²) in [4.78, 5) is 11.5. The van der Waals surface area contributed by atoms with Gasteiger partial charge in [0.25, 0.3) is 0 Å². The monoisotopic (exact) mass is 421 g/mol. The number of carbonyl (C=O) groups is 1. The fourth-order valence-electron chi connectivity index (χ4n) is 1.57. The largest absolute Gasteiger partial charge is 0.465 e. The first kappa shape index (κ1) is 15.4. The predicted octanol–water partition coefficient (Wildman–Crippen LogP) is 4.86. The molecule has 0 aliphatic heterocycles. The number of carbonyl (C=O) groups excluding carboxylic acids is 1. The maximum atomic E-state index is 11.5. The lowest BCUT2D eigenvalue weighted by atomic mass is 10.2. The first-order valence-corrected chi connectivity index (χ1v) is 7.53. The van der Waals surface area contributed by atoms with E-state index in [4.69, 9.17) is 16.0 Å². The van der Waals surface area contributed by atoms with Crippen molar-refractivity contribution in [1.82, 2.24) is 0 Å². The van der Waals surface area contributed by atoms with Gasteiger partial charge in [0, 0.05) is 0 Å². The number of furan rings is 1. The normalized spacial score (nSPS) is 10.4. The predicted molar refractivity (Wildman–Crippen MR) is 84.2 cm³/mol. The standard InChI is InChI=1S/C13H10Br2ClNO3/c1-19-13(18)7-2-3-10(16)11(4-7)17-6-8-5-9(14)12(15)20-8/h2-5,17H,6H2,1H3. The van der Waals surface area contributed by atoms with E-state index in [0.717, 1.165) is 10.2 Å². The van der Waals surface area contributed by atoms with Gasteiger partial charge in [-0.3, -0.25) is 0 Å². The van der Waals surface area contributed by atoms with Gasteiger partial charge in [-0.1, -0.05) is 11.6 Å². The SMILES string of the molecule is COC(=O)c1ccc(Cl)c(NCc2cc(Br)c(Br)o2)c1. The second-order valence-electron chi connectivity index (χ2n) is 3.87. The van der Waals surface area contributed by atoms with Gasteiger partial charge < -0.3 is 14.5 Å². The summed E-state index contributed by atoms with van der Waals surface area (Å²) < 4.78 is 11.6. The molecule has 1 aromatic heterocycles. The molecule has 106 valence electrons. The summed E-state index contributed by atoms with van der Waals surface area (Å²) in [5.41, 5.74) is 1.07. The fourth-order valence-corrected chi connectivity index (χ4v) is 2.41. The van der Waals surface area contributed by atoms with Crippen LogP contribution in [0.2, 0.25) is 5.02 Å². The van der Waals surface area contributed by atoms with Crippen LogP contribution in [0.4, 0.5) is 5.69 Å². The number of benzene rings is 1. The third-order valence-electron chi connectivity index (χ3n) is 2.54. The lowest BCUT2D eigenvalue weighted by Crippen LogP contribution is -2.04. The van der Waals surface area contributed by atoms with Crippen molar-refractivity contribution in [1.29, 1.82) is 0 Å². The topological polar surface area (TPSA) is 51.5 Å². The molecule has 0 atom stereocenters. The molecule has 1 N–H and O–H groups in total. The highest BCUT2D eigenvalue weighted by Gasteiger charge is 2.10. The summed E-state index contributed by atoms with van der Waals surface area (Å²) in [6.07, 6.45) is 0. The van der Waals surface area contributed by atoms with E-state index < -0.39 is 5.97 Å². The molecular formula is C13H10Br2ClNO3. The van der Waals surface area contributed by atoms with Gasteiger partial charge in [-0.05, 0) is 56.1 Å². The van der Waals surface area contributed by atoms with Gasteiger partial charge in [0.1, 0.15) is 5.76 Å². The first-order valence-electron chi connectivity index (χ1n) is 5.56. The van der Waals surface area contributed by atoms with E-state index in [1.165, 1.54) is 7.11 Å². The van der Waals surface area contributed by atoms with Crippen LogP contribution < -0.4 is 5.32 Å². The van der Waals surface area contributed by atoms with Crippen LogP contribution >= 0.6 is 43.5 Å². The van der Waals surface area contributed by atoms with Gasteiger partial charge in [0.2, 0.25) is 0 Å². The molecule has 4 nitrogen and oxygen atoms in total. The maximum Gasteiger partial charge on any atom is 0.337 e. The summed E-state index contributed by atoms with van der Waals surface area (Å²) in [6, 6.07) is 6.74. The van der Waals surface area contributed by atoms with Crippen LogP contribution in [0.5, 0.6) is 0 Å². The Balaban J connectivity index is 2.14. The van der Waals surface area contributed by atoms with E-state index in [1.807, 2.05) is 6.07 Å². The highest BCUT2D eigenvalue weighted by Crippen LogP contribution is 2.28. The van der Waals surface area contributed by atoms with E-state index >= 15 is 0 Å². The number of rotatable bonds is 4. The van der Waals surface area contributed by atoms with Crippen molar-refractivity contribution < 1.29 is 13.9 Å². The zero-order valence-corrected chi connectivity index (χ0v) is 14.3. The molecule has 0 bridgehead atoms. The fraction of sp³-hybridized carbons (Fsp3) is 0.154. The van der Waals surface area contributed by atoms with Crippen LogP contribution in [0.15, 0.2) is 37.8 Å². The molecule has 0 radical (unpaired) electrons. The summed E-state index contributed by atoms with van der Waals surface area (Å²) in [7, 11) is 1.34. The molecule has 1 aromatic carbocycles. The van der Waals surface area contributed by atoms with Crippen molar-refractivity contribution in [3.8, 4) is 0 Å². The highest BCUT2D eigenvalue weighted by molar-refractivity contribution is 9.13. The number of halogens is 3. The molecule has 0 aliphatic carbocycles. The zero-order valence-electron chi connectivity index (χ0n) is 10.4. The average molecular weight is 423 g/mol. The number of nitrogens with one attached hydrogen (secondary N) is 1. The second-order valence-corrected chi connectivity index (χ2v) is 5.86. The Bertz CT molecular complexity index is 623. The van der Waals surface area contributed by atoms with Crippen molar-refractivity contribution in [3.05, 3.63) is 49.8 Å². The van der Waals surface area contributed by atoms with E-state index in [1.54, 1.807) is 18.2 Å². The van der Waals surface area contributed by atoms with Gasteiger partial charge in [-0.25, -0.2) is 4.79 Å². The van der Waals surface area contributed by atoms with Gasteiger partial charge in [0.05, 0.1) is 34.4 Å². The summed E-state index contributed by atoms with van der Waals surface area (Å²) in [5, 5.41) is 3.63. The molecule has 0 aliphatic rings. The Morgan fingerprint density at radius 2 is 2.15 bits per heavy atom. The molecular weight excluding hydrogens is 413 g/mol. The number of hydrogen-bond acceptors (Lipinski definition) is 4. The van der Waals surface area contributed by atoms with Crippen molar-refractivity contribution in [2.75, 3.05) is 12.4 Å². The smallest absolute Gasteiger partial charge is 0.337 e. The van der Waals surface area contributed by atoms with E-state index in [0.29, 0.717) is 27.5 Å². The number of esters is 1. The minimum Gasteiger partial charge on any atom is -0.465 e. The molecule has 2 rings (SSSR count). The Kier molecular flexibility index (Phi) is 5.12. The van der Waals surface area contributed by atoms with Crippen molar-refractivity contribution in [2.24, 2.45) is 0 Å². The summed E-state index contributed by atoms with van der Waals surface area (Å²) in [5.74, 6) is 0.316. The van der Waals surface area contributed by atoms with Crippen LogP contribution in [0.25, 0.3) is 0 Å². The number of hydrogen-bond donors (Lipinski definition) is 1. The Morgan fingerprint density at radius 1 is 1.40 bits per heavy atom. The Morgan fingerprint density at radius 3 is 2.75 bits per heavy atom. The third-order valence-corrected chi connectivity index (χ3v) is 4.58. The number of anilines is 1. The van der Waals surface area contributed by atoms with Crippen LogP contribution in [0.1, 0.15) is 16.1 Å². The Hall–Kier alpha value is -0.980. The van der Waals surface area contributed by atoms with Crippen LogP contribution in [-0.4, -0.2) is 13.1 Å². The lowest BCUT2D eigenvalue weighted by Gasteiger charge is -2.08. The highest BCUT2D eigenvalue weighted by atomic mass is 79.9.